The standard InChI is InChI=1S/C13H20O.C12H16.C12H14.C11H21NO.C11H20O2.C11H22O.C10H18O.3C4H10.3C2H6/c1-10(2)9-13(14)11(3)12-7-5-4-6-8-12;2*1-11(2)7-6-10-12-8-4-3-5-9-12;1-7(2)5-9-10(12-9)6-11(13)8(3)4;1-7(2)5-10-11(13-10)6-9(12)8(3)4;1-8(2)6-10(5)7-11(12)9(3)4;1-8(2)6-5-7-10(11)9(3)4;3*1-4(2)3;3*1-2/h4-8,10-11,13-14H,9H2,1-3H3;3-6,8-11H,7H2,1-2H3;3-5,8-9,11H,7H2,1-2H3;7-10,12H,5-6H2,1-4H3;7-8,10-11H,5-6H2,1-4H3;8-10H,6-7H2,1-5H3;5,7-9H,6H2,1-4H3;3*4H,1-3H3;3*1-2H3/b;10-6+;;;;;7-5+;;;;;;. The van der Waals surface area contributed by atoms with Crippen LogP contribution in [-0.2, 0) is 23.9 Å². The number of benzene rings is 3. The molecule has 0 bridgehead atoms. The number of Topliss-reactive ketones (excluding diaryl/α,β-unsaturated/α-hetero) is 3. The number of allylic oxidation sites excluding steroid dienone is 3. The molecule has 3 aromatic carbocycles. The third kappa shape index (κ3) is 91.6. The molecule has 2 saturated heterocycles. The van der Waals surface area contributed by atoms with E-state index in [1.165, 1.54) is 24.0 Å². The zero-order chi connectivity index (χ0) is 83.5. The van der Waals surface area contributed by atoms with Gasteiger partial charge >= 0.3 is 0 Å². The second kappa shape index (κ2) is 76.0. The van der Waals surface area contributed by atoms with E-state index in [4.69, 9.17) is 4.74 Å². The van der Waals surface area contributed by atoms with E-state index in [2.05, 4.69) is 239 Å². The summed E-state index contributed by atoms with van der Waals surface area (Å²) in [6, 6.07) is 31.8. The third-order valence-corrected chi connectivity index (χ3v) is 14.4. The summed E-state index contributed by atoms with van der Waals surface area (Å²) in [6.45, 7) is 82.0. The molecule has 7 heteroatoms. The molecule has 0 radical (unpaired) electrons. The number of carbonyl (C=O) groups is 4. The number of aliphatic hydroxyl groups is 1. The van der Waals surface area contributed by atoms with Crippen LogP contribution in [0.4, 0.5) is 0 Å². The summed E-state index contributed by atoms with van der Waals surface area (Å²) in [7, 11) is 0. The van der Waals surface area contributed by atoms with Gasteiger partial charge in [-0.2, -0.15) is 0 Å². The number of nitrogens with one attached hydrogen (secondary N) is 1. The summed E-state index contributed by atoms with van der Waals surface area (Å²) in [5, 5.41) is 13.3. The van der Waals surface area contributed by atoms with Crippen molar-refractivity contribution in [3.8, 4) is 11.8 Å². The molecule has 5 rings (SSSR count). The van der Waals surface area contributed by atoms with Crippen LogP contribution >= 0.6 is 0 Å². The molecule has 2 fully saturated rings. The van der Waals surface area contributed by atoms with Gasteiger partial charge in [0.25, 0.3) is 0 Å². The lowest BCUT2D eigenvalue weighted by molar-refractivity contribution is -0.123. The van der Waals surface area contributed by atoms with Crippen molar-refractivity contribution in [1.29, 1.82) is 0 Å². The second-order valence-electron chi connectivity index (χ2n) is 34.0. The summed E-state index contributed by atoms with van der Waals surface area (Å²) in [5.74, 6) is 16.4. The molecular weight excluding hydrogens is 1290 g/mol. The Morgan fingerprint density at radius 1 is 0.429 bits per heavy atom. The first kappa shape index (κ1) is 116. The lowest BCUT2D eigenvalue weighted by atomic mass is 9.90. The van der Waals surface area contributed by atoms with Gasteiger partial charge in [-0.1, -0.05) is 379 Å². The van der Waals surface area contributed by atoms with Crippen molar-refractivity contribution in [2.75, 3.05) is 0 Å². The van der Waals surface area contributed by atoms with Crippen molar-refractivity contribution in [1.82, 2.24) is 5.32 Å². The van der Waals surface area contributed by atoms with Crippen LogP contribution in [0.15, 0.2) is 109 Å². The predicted molar refractivity (Wildman–Crippen MR) is 472 cm³/mol. The van der Waals surface area contributed by atoms with Crippen molar-refractivity contribution < 1.29 is 29.0 Å². The molecule has 2 aliphatic heterocycles. The minimum absolute atomic E-state index is 0.137. The van der Waals surface area contributed by atoms with E-state index in [9.17, 15) is 24.3 Å². The molecule has 2 aliphatic rings. The Hall–Kier alpha value is -4.74. The number of rotatable bonds is 27. The Kier molecular flexibility index (Phi) is 84.1. The molecular formula is C98H179NO6. The van der Waals surface area contributed by atoms with E-state index in [1.54, 1.807) is 6.08 Å². The summed E-state index contributed by atoms with van der Waals surface area (Å²) in [4.78, 5) is 45.1. The summed E-state index contributed by atoms with van der Waals surface area (Å²) < 4.78 is 5.43. The largest absolute Gasteiger partial charge is 0.392 e. The highest BCUT2D eigenvalue weighted by atomic mass is 16.6. The number of epoxide rings is 1. The van der Waals surface area contributed by atoms with Crippen LogP contribution in [0.3, 0.4) is 0 Å². The quantitative estimate of drug-likeness (QED) is 0.0443. The average Bonchev–Trinajstić information content (AvgIpc) is 1.70. The molecule has 3 aromatic rings. The molecule has 612 valence electrons. The highest BCUT2D eigenvalue weighted by molar-refractivity contribution is 5.91. The van der Waals surface area contributed by atoms with Crippen molar-refractivity contribution >= 4 is 29.2 Å². The fourth-order valence-corrected chi connectivity index (χ4v) is 8.78. The SMILES string of the molecule is CC.CC.CC.CC(C)C.CC(C)C.CC(C)C.CC(C)C/C=C/C(=O)C(C)C.CC(C)C/C=C/c1ccccc1.CC(C)CC#Cc1ccccc1.CC(C)CC(C)CC(=O)C(C)C.CC(C)CC(O)C(C)c1ccccc1.CC(C)CC1NC1CC(=O)C(C)C.CC(C)CC1OC1CC(=O)C(C)C. The van der Waals surface area contributed by atoms with E-state index in [0.717, 1.165) is 80.1 Å². The Morgan fingerprint density at radius 2 is 0.819 bits per heavy atom. The van der Waals surface area contributed by atoms with Crippen LogP contribution < -0.4 is 5.32 Å². The maximum atomic E-state index is 11.4. The highest BCUT2D eigenvalue weighted by Crippen LogP contribution is 2.32. The van der Waals surface area contributed by atoms with Crippen LogP contribution in [-0.4, -0.2) is 58.6 Å². The van der Waals surface area contributed by atoms with E-state index in [0.29, 0.717) is 77.5 Å². The number of aliphatic hydroxyl groups excluding tert-OH is 1. The zero-order valence-corrected chi connectivity index (χ0v) is 76.7. The van der Waals surface area contributed by atoms with E-state index in [1.807, 2.05) is 158 Å². The zero-order valence-electron chi connectivity index (χ0n) is 76.7. The molecule has 105 heavy (non-hydrogen) atoms. The van der Waals surface area contributed by atoms with Gasteiger partial charge in [-0.05, 0) is 133 Å². The van der Waals surface area contributed by atoms with Gasteiger partial charge < -0.3 is 15.2 Å². The molecule has 0 aliphatic carbocycles. The normalized spacial score (nSPS) is 15.1. The number of hydrogen-bond acceptors (Lipinski definition) is 7. The molecule has 7 atom stereocenters. The van der Waals surface area contributed by atoms with Gasteiger partial charge in [0.15, 0.2) is 5.78 Å². The second-order valence-corrected chi connectivity index (χ2v) is 34.0. The lowest BCUT2D eigenvalue weighted by Gasteiger charge is -2.20. The summed E-state index contributed by atoms with van der Waals surface area (Å²) >= 11 is 0. The molecule has 7 unspecified atom stereocenters. The monoisotopic (exact) mass is 1470 g/mol. The molecule has 2 heterocycles. The predicted octanol–water partition coefficient (Wildman–Crippen LogP) is 28.6. The van der Waals surface area contributed by atoms with Gasteiger partial charge in [-0.3, -0.25) is 19.2 Å². The summed E-state index contributed by atoms with van der Waals surface area (Å²) in [6.07, 6.45) is 18.0. The van der Waals surface area contributed by atoms with Crippen LogP contribution in [0.5, 0.6) is 0 Å². The van der Waals surface area contributed by atoms with Crippen LogP contribution in [0.25, 0.3) is 6.08 Å². The van der Waals surface area contributed by atoms with Gasteiger partial charge in [0.1, 0.15) is 17.3 Å². The van der Waals surface area contributed by atoms with Crippen molar-refractivity contribution in [2.24, 2.45) is 88.8 Å². The molecule has 7 nitrogen and oxygen atoms in total. The first-order valence-electron chi connectivity index (χ1n) is 42.0. The third-order valence-electron chi connectivity index (χ3n) is 14.4. The van der Waals surface area contributed by atoms with Gasteiger partial charge in [0.05, 0.1) is 18.3 Å². The minimum Gasteiger partial charge on any atom is -0.392 e. The summed E-state index contributed by atoms with van der Waals surface area (Å²) in [5.41, 5.74) is 3.62. The Labute approximate surface area is 657 Å². The van der Waals surface area contributed by atoms with E-state index in [-0.39, 0.29) is 47.6 Å². The van der Waals surface area contributed by atoms with Crippen LogP contribution in [0.2, 0.25) is 0 Å². The maximum absolute atomic E-state index is 11.4. The Balaban J connectivity index is -0.000000168. The minimum atomic E-state index is -0.225. The van der Waals surface area contributed by atoms with Gasteiger partial charge in [-0.15, -0.1) is 0 Å². The number of ketones is 4. The fraction of sp³-hybridized carbons (Fsp3) is 0.714. The van der Waals surface area contributed by atoms with Gasteiger partial charge in [0, 0.05) is 72.9 Å². The highest BCUT2D eigenvalue weighted by Gasteiger charge is 2.40. The fourth-order valence-electron chi connectivity index (χ4n) is 8.78. The van der Waals surface area contributed by atoms with Crippen molar-refractivity contribution in [3.05, 3.63) is 126 Å². The average molecular weight is 1470 g/mol. The number of hydrogen-bond donors (Lipinski definition) is 2. The van der Waals surface area contributed by atoms with Crippen molar-refractivity contribution in [3.63, 3.8) is 0 Å². The van der Waals surface area contributed by atoms with E-state index >= 15 is 0 Å². The van der Waals surface area contributed by atoms with Gasteiger partial charge in [-0.25, -0.2) is 0 Å². The molecule has 0 aromatic heterocycles. The Morgan fingerprint density at radius 3 is 1.19 bits per heavy atom. The first-order valence-corrected chi connectivity index (χ1v) is 42.0. The van der Waals surface area contributed by atoms with Crippen molar-refractivity contribution in [2.45, 2.75) is 371 Å². The molecule has 2 N–H and O–H groups in total. The van der Waals surface area contributed by atoms with E-state index < -0.39 is 0 Å². The van der Waals surface area contributed by atoms with Crippen LogP contribution in [0.1, 0.15) is 357 Å². The number of carbonyl (C=O) groups excluding carboxylic acids is 4. The topological polar surface area (TPSA) is 123 Å². The first-order chi connectivity index (χ1) is 48.9. The molecule has 0 spiro atoms. The van der Waals surface area contributed by atoms with Crippen LogP contribution in [0, 0.1) is 101 Å². The molecule has 0 amide bonds. The maximum Gasteiger partial charge on any atom is 0.157 e. The Bertz CT molecular complexity index is 2420. The smallest absolute Gasteiger partial charge is 0.157 e. The number of ether oxygens (including phenoxy) is 1. The molecule has 0 saturated carbocycles. The van der Waals surface area contributed by atoms with Gasteiger partial charge in [0.2, 0.25) is 0 Å². The lowest BCUT2D eigenvalue weighted by Crippen LogP contribution is -2.17.